The Morgan fingerprint density at radius 1 is 1.30 bits per heavy atom. The average molecular weight is 387 g/mol. The predicted octanol–water partition coefficient (Wildman–Crippen LogP) is 2.52. The molecule has 0 atom stereocenters. The van der Waals surface area contributed by atoms with Gasteiger partial charge in [0.2, 0.25) is 0 Å². The van der Waals surface area contributed by atoms with Gasteiger partial charge in [0.15, 0.2) is 5.69 Å². The van der Waals surface area contributed by atoms with Gasteiger partial charge >= 0.3 is 5.97 Å². The SMILES string of the molecule is COC(=O)c1ccc(Cl)c(C#Cc2nn(C3CCCC3)c(N)c2C(N)=O)c1. The standard InChI is InChI=1S/C19H19ClN4O3/c1-27-19(26)12-6-8-14(20)11(10-12)7-9-15-16(18(22)25)17(21)24(23-15)13-4-2-3-5-13/h6,8,10,13H,2-5,21H2,1H3,(H2,22,25). The van der Waals surface area contributed by atoms with Crippen LogP contribution in [0.4, 0.5) is 5.82 Å². The smallest absolute Gasteiger partial charge is 0.337 e. The maximum absolute atomic E-state index is 11.9. The van der Waals surface area contributed by atoms with Crippen LogP contribution in [-0.2, 0) is 4.74 Å². The van der Waals surface area contributed by atoms with Gasteiger partial charge in [-0.15, -0.1) is 0 Å². The Labute approximate surface area is 161 Å². The maximum atomic E-state index is 11.9. The molecule has 1 aliphatic rings. The summed E-state index contributed by atoms with van der Waals surface area (Å²) in [6.07, 6.45) is 4.08. The van der Waals surface area contributed by atoms with Crippen molar-refractivity contribution >= 4 is 29.3 Å². The minimum Gasteiger partial charge on any atom is -0.465 e. The van der Waals surface area contributed by atoms with Crippen molar-refractivity contribution in [2.45, 2.75) is 31.7 Å². The lowest BCUT2D eigenvalue weighted by molar-refractivity contribution is 0.0600. The average Bonchev–Trinajstić information content (AvgIpc) is 3.28. The first kappa shape index (κ1) is 18.8. The summed E-state index contributed by atoms with van der Waals surface area (Å²) in [5, 5.41) is 4.77. The lowest BCUT2D eigenvalue weighted by Crippen LogP contribution is -2.15. The second-order valence-corrected chi connectivity index (χ2v) is 6.70. The van der Waals surface area contributed by atoms with Crippen molar-refractivity contribution in [1.82, 2.24) is 9.78 Å². The third-order valence-electron chi connectivity index (χ3n) is 4.57. The number of hydrogen-bond acceptors (Lipinski definition) is 5. The summed E-state index contributed by atoms with van der Waals surface area (Å²) in [7, 11) is 1.29. The number of benzene rings is 1. The number of aromatic nitrogens is 2. The van der Waals surface area contributed by atoms with Crippen molar-refractivity contribution in [3.05, 3.63) is 45.6 Å². The number of amides is 1. The van der Waals surface area contributed by atoms with Crippen LogP contribution in [0, 0.1) is 11.8 Å². The van der Waals surface area contributed by atoms with E-state index in [1.54, 1.807) is 16.8 Å². The molecular weight excluding hydrogens is 368 g/mol. The molecule has 1 fully saturated rings. The number of anilines is 1. The Morgan fingerprint density at radius 2 is 2.00 bits per heavy atom. The monoisotopic (exact) mass is 386 g/mol. The van der Waals surface area contributed by atoms with Gasteiger partial charge in [0, 0.05) is 5.56 Å². The first-order chi connectivity index (χ1) is 12.9. The van der Waals surface area contributed by atoms with Gasteiger partial charge in [-0.05, 0) is 37.0 Å². The molecule has 7 nitrogen and oxygen atoms in total. The van der Waals surface area contributed by atoms with Crippen molar-refractivity contribution < 1.29 is 14.3 Å². The molecular formula is C19H19ClN4O3. The lowest BCUT2D eigenvalue weighted by atomic mass is 10.1. The zero-order valence-corrected chi connectivity index (χ0v) is 15.5. The fourth-order valence-electron chi connectivity index (χ4n) is 3.20. The van der Waals surface area contributed by atoms with Crippen LogP contribution < -0.4 is 11.5 Å². The van der Waals surface area contributed by atoms with E-state index in [-0.39, 0.29) is 23.1 Å². The number of halogens is 1. The topological polar surface area (TPSA) is 113 Å². The number of rotatable bonds is 3. The number of nitrogens with two attached hydrogens (primary N) is 2. The first-order valence-electron chi connectivity index (χ1n) is 8.50. The van der Waals surface area contributed by atoms with Gasteiger partial charge in [0.25, 0.3) is 5.91 Å². The molecule has 0 spiro atoms. The number of primary amides is 1. The summed E-state index contributed by atoms with van der Waals surface area (Å²) < 4.78 is 6.34. The highest BCUT2D eigenvalue weighted by Gasteiger charge is 2.25. The van der Waals surface area contributed by atoms with E-state index in [1.807, 2.05) is 0 Å². The predicted molar refractivity (Wildman–Crippen MR) is 101 cm³/mol. The van der Waals surface area contributed by atoms with Crippen LogP contribution in [0.2, 0.25) is 5.02 Å². The Bertz CT molecular complexity index is 965. The molecule has 0 aliphatic heterocycles. The van der Waals surface area contributed by atoms with Crippen molar-refractivity contribution in [1.29, 1.82) is 0 Å². The molecule has 0 saturated heterocycles. The van der Waals surface area contributed by atoms with Crippen molar-refractivity contribution in [3.63, 3.8) is 0 Å². The van der Waals surface area contributed by atoms with Gasteiger partial charge in [0.1, 0.15) is 11.4 Å². The molecule has 8 heteroatoms. The van der Waals surface area contributed by atoms with Crippen LogP contribution >= 0.6 is 11.6 Å². The number of nitrogens with zero attached hydrogens (tertiary/aromatic N) is 2. The number of methoxy groups -OCH3 is 1. The molecule has 2 aromatic rings. The molecule has 27 heavy (non-hydrogen) atoms. The molecule has 1 aromatic heterocycles. The molecule has 1 aromatic carbocycles. The molecule has 0 unspecified atom stereocenters. The van der Waals surface area contributed by atoms with Crippen LogP contribution in [0.5, 0.6) is 0 Å². The van der Waals surface area contributed by atoms with E-state index in [0.29, 0.717) is 16.1 Å². The minimum atomic E-state index is -0.685. The van der Waals surface area contributed by atoms with Crippen LogP contribution in [-0.4, -0.2) is 28.8 Å². The van der Waals surface area contributed by atoms with Gasteiger partial charge < -0.3 is 16.2 Å². The summed E-state index contributed by atoms with van der Waals surface area (Å²) in [6.45, 7) is 0. The highest BCUT2D eigenvalue weighted by Crippen LogP contribution is 2.32. The van der Waals surface area contributed by atoms with Gasteiger partial charge in [-0.25, -0.2) is 9.48 Å². The Balaban J connectivity index is 2.03. The van der Waals surface area contributed by atoms with Gasteiger partial charge in [-0.1, -0.05) is 30.4 Å². The van der Waals surface area contributed by atoms with Crippen molar-refractivity contribution in [2.24, 2.45) is 5.73 Å². The number of hydrogen-bond donors (Lipinski definition) is 2. The summed E-state index contributed by atoms with van der Waals surface area (Å²) in [5.74, 6) is 4.71. The van der Waals surface area contributed by atoms with E-state index in [1.165, 1.54) is 13.2 Å². The number of esters is 1. The fourth-order valence-corrected chi connectivity index (χ4v) is 3.36. The zero-order chi connectivity index (χ0) is 19.6. The Kier molecular flexibility index (Phi) is 5.38. The molecule has 1 saturated carbocycles. The van der Waals surface area contributed by atoms with E-state index in [0.717, 1.165) is 25.7 Å². The van der Waals surface area contributed by atoms with Crippen molar-refractivity contribution in [3.8, 4) is 11.8 Å². The largest absolute Gasteiger partial charge is 0.465 e. The summed E-state index contributed by atoms with van der Waals surface area (Å²) in [5.41, 5.74) is 12.6. The van der Waals surface area contributed by atoms with Crippen LogP contribution in [0.3, 0.4) is 0 Å². The molecule has 1 amide bonds. The molecule has 1 aliphatic carbocycles. The Hall–Kier alpha value is -2.98. The van der Waals surface area contributed by atoms with Gasteiger partial charge in [0.05, 0.1) is 23.7 Å². The normalized spacial score (nSPS) is 13.9. The van der Waals surface area contributed by atoms with E-state index in [4.69, 9.17) is 27.8 Å². The molecule has 0 bridgehead atoms. The summed E-state index contributed by atoms with van der Waals surface area (Å²) >= 11 is 6.16. The third kappa shape index (κ3) is 3.76. The van der Waals surface area contributed by atoms with E-state index >= 15 is 0 Å². The zero-order valence-electron chi connectivity index (χ0n) is 14.8. The fraction of sp³-hybridized carbons (Fsp3) is 0.316. The highest BCUT2D eigenvalue weighted by molar-refractivity contribution is 6.31. The summed E-state index contributed by atoms with van der Waals surface area (Å²) in [4.78, 5) is 23.5. The highest BCUT2D eigenvalue weighted by atomic mass is 35.5. The number of ether oxygens (including phenoxy) is 1. The maximum Gasteiger partial charge on any atom is 0.337 e. The molecule has 140 valence electrons. The minimum absolute atomic E-state index is 0.106. The first-order valence-corrected chi connectivity index (χ1v) is 8.87. The molecule has 0 radical (unpaired) electrons. The summed E-state index contributed by atoms with van der Waals surface area (Å²) in [6, 6.07) is 4.76. The van der Waals surface area contributed by atoms with Crippen molar-refractivity contribution in [2.75, 3.05) is 12.8 Å². The third-order valence-corrected chi connectivity index (χ3v) is 4.90. The van der Waals surface area contributed by atoms with E-state index in [2.05, 4.69) is 16.9 Å². The van der Waals surface area contributed by atoms with Gasteiger partial charge in [-0.2, -0.15) is 5.10 Å². The van der Waals surface area contributed by atoms with E-state index < -0.39 is 11.9 Å². The second-order valence-electron chi connectivity index (χ2n) is 6.29. The van der Waals surface area contributed by atoms with Crippen LogP contribution in [0.1, 0.15) is 63.7 Å². The number of nitrogen functional groups attached to an aromatic ring is 1. The van der Waals surface area contributed by atoms with Crippen LogP contribution in [0.15, 0.2) is 18.2 Å². The lowest BCUT2D eigenvalue weighted by Gasteiger charge is -2.11. The second kappa shape index (κ2) is 7.72. The number of carbonyl (C=O) groups excluding carboxylic acids is 2. The quantitative estimate of drug-likeness (QED) is 0.621. The molecule has 4 N–H and O–H groups in total. The van der Waals surface area contributed by atoms with Crippen LogP contribution in [0.25, 0.3) is 0 Å². The molecule has 1 heterocycles. The Morgan fingerprint density at radius 3 is 2.63 bits per heavy atom. The van der Waals surface area contributed by atoms with Gasteiger partial charge in [-0.3, -0.25) is 4.79 Å². The molecule has 3 rings (SSSR count). The van der Waals surface area contributed by atoms with E-state index in [9.17, 15) is 9.59 Å². The number of carbonyl (C=O) groups is 2.